The summed E-state index contributed by atoms with van der Waals surface area (Å²) >= 11 is 0. The minimum Gasteiger partial charge on any atom is -0.480 e. The summed E-state index contributed by atoms with van der Waals surface area (Å²) in [5.74, 6) is 1.04. The van der Waals surface area contributed by atoms with Crippen LogP contribution in [0.3, 0.4) is 0 Å². The van der Waals surface area contributed by atoms with Crippen LogP contribution in [0, 0.1) is 11.8 Å². The maximum atomic E-state index is 9.24. The van der Waals surface area contributed by atoms with E-state index in [1.165, 1.54) is 25.7 Å². The van der Waals surface area contributed by atoms with Crippen molar-refractivity contribution < 1.29 is 9.90 Å². The standard InChI is InChI=1S/C8H16.C2H5NO2/c1-7-5-3-4-6-8(7)2;3-1-2(4)5/h7-8H,3-6H2,1-2H3;1,3H2,(H,4,5). The fraction of sp³-hybridized carbons (Fsp3) is 0.900. The number of aliphatic carboxylic acids is 1. The molecule has 1 rings (SSSR count). The Labute approximate surface area is 80.3 Å². The molecule has 0 amide bonds. The topological polar surface area (TPSA) is 63.3 Å². The first-order valence-electron chi connectivity index (χ1n) is 4.99. The highest BCUT2D eigenvalue weighted by atomic mass is 16.4. The molecule has 2 atom stereocenters. The van der Waals surface area contributed by atoms with E-state index in [-0.39, 0.29) is 6.54 Å². The summed E-state index contributed by atoms with van der Waals surface area (Å²) in [6.45, 7) is 4.48. The lowest BCUT2D eigenvalue weighted by molar-refractivity contribution is -0.135. The second-order valence-corrected chi connectivity index (χ2v) is 3.84. The molecule has 13 heavy (non-hydrogen) atoms. The minimum atomic E-state index is -0.968. The summed E-state index contributed by atoms with van der Waals surface area (Å²) < 4.78 is 0. The Bertz CT molecular complexity index is 138. The van der Waals surface area contributed by atoms with Gasteiger partial charge in [0.1, 0.15) is 0 Å². The molecular formula is C10H21NO2. The van der Waals surface area contributed by atoms with Crippen molar-refractivity contribution in [3.63, 3.8) is 0 Å². The normalized spacial score (nSPS) is 27.3. The Morgan fingerprint density at radius 1 is 1.31 bits per heavy atom. The number of carbonyl (C=O) groups is 1. The Morgan fingerprint density at radius 3 is 1.77 bits per heavy atom. The molecule has 0 spiro atoms. The quantitative estimate of drug-likeness (QED) is 0.658. The van der Waals surface area contributed by atoms with Gasteiger partial charge in [-0.1, -0.05) is 39.5 Å². The van der Waals surface area contributed by atoms with E-state index in [4.69, 9.17) is 5.11 Å². The number of nitrogens with two attached hydrogens (primary N) is 1. The highest BCUT2D eigenvalue weighted by Gasteiger charge is 2.15. The third kappa shape index (κ3) is 6.58. The van der Waals surface area contributed by atoms with Gasteiger partial charge in [0.05, 0.1) is 6.54 Å². The van der Waals surface area contributed by atoms with E-state index >= 15 is 0 Å². The van der Waals surface area contributed by atoms with Crippen LogP contribution < -0.4 is 5.73 Å². The Morgan fingerprint density at radius 2 is 1.62 bits per heavy atom. The summed E-state index contributed by atoms with van der Waals surface area (Å²) in [6, 6.07) is 0. The monoisotopic (exact) mass is 187 g/mol. The molecule has 0 saturated heterocycles. The average molecular weight is 187 g/mol. The van der Waals surface area contributed by atoms with Gasteiger partial charge in [0.25, 0.3) is 0 Å². The summed E-state index contributed by atoms with van der Waals surface area (Å²) in [6.07, 6.45) is 5.90. The van der Waals surface area contributed by atoms with E-state index in [0.29, 0.717) is 0 Å². The fourth-order valence-corrected chi connectivity index (χ4v) is 1.50. The van der Waals surface area contributed by atoms with Crippen LogP contribution in [0.4, 0.5) is 0 Å². The van der Waals surface area contributed by atoms with Crippen molar-refractivity contribution in [2.24, 2.45) is 17.6 Å². The number of hydrogen-bond acceptors (Lipinski definition) is 2. The van der Waals surface area contributed by atoms with E-state index in [0.717, 1.165) is 11.8 Å². The van der Waals surface area contributed by atoms with Gasteiger partial charge in [-0.2, -0.15) is 0 Å². The fourth-order valence-electron chi connectivity index (χ4n) is 1.50. The van der Waals surface area contributed by atoms with Gasteiger partial charge in [-0.15, -0.1) is 0 Å². The maximum absolute atomic E-state index is 9.24. The molecule has 0 heterocycles. The van der Waals surface area contributed by atoms with Crippen LogP contribution in [0.5, 0.6) is 0 Å². The lowest BCUT2D eigenvalue weighted by Gasteiger charge is -2.24. The third-order valence-corrected chi connectivity index (χ3v) is 2.71. The molecule has 0 aliphatic heterocycles. The van der Waals surface area contributed by atoms with Gasteiger partial charge >= 0.3 is 5.97 Å². The molecule has 0 bridgehead atoms. The van der Waals surface area contributed by atoms with Crippen LogP contribution in [0.2, 0.25) is 0 Å². The van der Waals surface area contributed by atoms with Gasteiger partial charge in [-0.3, -0.25) is 4.79 Å². The first-order chi connectivity index (χ1) is 6.07. The summed E-state index contributed by atoms with van der Waals surface area (Å²) in [7, 11) is 0. The molecule has 2 unspecified atom stereocenters. The summed E-state index contributed by atoms with van der Waals surface area (Å²) in [4.78, 5) is 9.24. The third-order valence-electron chi connectivity index (χ3n) is 2.71. The van der Waals surface area contributed by atoms with Crippen molar-refractivity contribution in [2.75, 3.05) is 6.54 Å². The van der Waals surface area contributed by atoms with Crippen molar-refractivity contribution in [3.8, 4) is 0 Å². The molecular weight excluding hydrogens is 166 g/mol. The van der Waals surface area contributed by atoms with Gasteiger partial charge < -0.3 is 10.8 Å². The Balaban J connectivity index is 0.000000252. The molecule has 1 fully saturated rings. The van der Waals surface area contributed by atoms with Crippen molar-refractivity contribution in [1.82, 2.24) is 0 Å². The lowest BCUT2D eigenvalue weighted by Crippen LogP contribution is -2.12. The van der Waals surface area contributed by atoms with Crippen LogP contribution in [0.15, 0.2) is 0 Å². The van der Waals surface area contributed by atoms with E-state index in [9.17, 15) is 4.79 Å². The molecule has 78 valence electrons. The second-order valence-electron chi connectivity index (χ2n) is 3.84. The van der Waals surface area contributed by atoms with Crippen LogP contribution in [-0.4, -0.2) is 17.6 Å². The SMILES string of the molecule is CC1CCCCC1C.NCC(=O)O. The minimum absolute atomic E-state index is 0.278. The predicted octanol–water partition coefficient (Wildman–Crippen LogP) is 1.86. The molecule has 0 aromatic heterocycles. The zero-order valence-electron chi connectivity index (χ0n) is 8.62. The predicted molar refractivity (Wildman–Crippen MR) is 53.5 cm³/mol. The van der Waals surface area contributed by atoms with Gasteiger partial charge in [0.2, 0.25) is 0 Å². The molecule has 0 aromatic rings. The maximum Gasteiger partial charge on any atom is 0.317 e. The number of carboxylic acid groups (broad SMARTS) is 1. The number of hydrogen-bond donors (Lipinski definition) is 2. The van der Waals surface area contributed by atoms with Gasteiger partial charge in [-0.05, 0) is 11.8 Å². The van der Waals surface area contributed by atoms with Gasteiger partial charge in [0, 0.05) is 0 Å². The first kappa shape index (κ1) is 12.4. The molecule has 3 nitrogen and oxygen atoms in total. The van der Waals surface area contributed by atoms with Crippen molar-refractivity contribution in [1.29, 1.82) is 0 Å². The summed E-state index contributed by atoms with van der Waals surface area (Å²) in [5.41, 5.74) is 4.57. The zero-order valence-corrected chi connectivity index (χ0v) is 8.62. The lowest BCUT2D eigenvalue weighted by atomic mass is 9.82. The Kier molecular flexibility index (Phi) is 6.59. The molecule has 1 aliphatic rings. The second kappa shape index (κ2) is 6.89. The average Bonchev–Trinajstić information content (AvgIpc) is 2.11. The highest BCUT2D eigenvalue weighted by molar-refractivity contribution is 5.68. The van der Waals surface area contributed by atoms with Crippen molar-refractivity contribution in [2.45, 2.75) is 39.5 Å². The van der Waals surface area contributed by atoms with E-state index in [1.807, 2.05) is 0 Å². The van der Waals surface area contributed by atoms with E-state index in [2.05, 4.69) is 19.6 Å². The van der Waals surface area contributed by atoms with Gasteiger partial charge in [0.15, 0.2) is 0 Å². The molecule has 3 heteroatoms. The highest BCUT2D eigenvalue weighted by Crippen LogP contribution is 2.28. The van der Waals surface area contributed by atoms with E-state index in [1.54, 1.807) is 0 Å². The van der Waals surface area contributed by atoms with Crippen LogP contribution in [0.25, 0.3) is 0 Å². The van der Waals surface area contributed by atoms with Crippen LogP contribution in [0.1, 0.15) is 39.5 Å². The largest absolute Gasteiger partial charge is 0.480 e. The van der Waals surface area contributed by atoms with Crippen LogP contribution in [-0.2, 0) is 4.79 Å². The Hall–Kier alpha value is -0.570. The zero-order chi connectivity index (χ0) is 10.3. The summed E-state index contributed by atoms with van der Waals surface area (Å²) in [5, 5.41) is 7.60. The molecule has 1 saturated carbocycles. The van der Waals surface area contributed by atoms with Crippen LogP contribution >= 0.6 is 0 Å². The smallest absolute Gasteiger partial charge is 0.317 e. The van der Waals surface area contributed by atoms with Crippen molar-refractivity contribution in [3.05, 3.63) is 0 Å². The number of carboxylic acids is 1. The van der Waals surface area contributed by atoms with Gasteiger partial charge in [-0.25, -0.2) is 0 Å². The van der Waals surface area contributed by atoms with E-state index < -0.39 is 5.97 Å². The van der Waals surface area contributed by atoms with Crippen molar-refractivity contribution >= 4 is 5.97 Å². The molecule has 0 aromatic carbocycles. The molecule has 3 N–H and O–H groups in total. The number of rotatable bonds is 1. The first-order valence-corrected chi connectivity index (χ1v) is 4.99. The molecule has 0 radical (unpaired) electrons. The molecule has 1 aliphatic carbocycles.